The van der Waals surface area contributed by atoms with Crippen molar-refractivity contribution < 1.29 is 0 Å². The Hall–Kier alpha value is -1.94. The number of aryl methyl sites for hydroxylation is 2. The lowest BCUT2D eigenvalue weighted by Crippen LogP contribution is -1.92. The number of para-hydroxylation sites is 1. The molecule has 0 aliphatic carbocycles. The summed E-state index contributed by atoms with van der Waals surface area (Å²) in [6.07, 6.45) is 0. The standard InChI is InChI=1S/C16H17N3S/c1-11-7-8-16(13(17)9-11)20-10-14-12-5-3-4-6-15(12)19(2)18-14/h3-9H,10,17H2,1-2H3. The lowest BCUT2D eigenvalue weighted by molar-refractivity contribution is 0.781. The quantitative estimate of drug-likeness (QED) is 0.588. The number of nitrogens with two attached hydrogens (primary N) is 1. The number of benzene rings is 2. The van der Waals surface area contributed by atoms with Gasteiger partial charge in [-0.15, -0.1) is 11.8 Å². The minimum Gasteiger partial charge on any atom is -0.398 e. The number of aromatic nitrogens is 2. The van der Waals surface area contributed by atoms with Crippen molar-refractivity contribution in [3.8, 4) is 0 Å². The first-order chi connectivity index (χ1) is 9.65. The molecule has 2 N–H and O–H groups in total. The Balaban J connectivity index is 1.87. The number of hydrogen-bond donors (Lipinski definition) is 1. The first kappa shape index (κ1) is 13.1. The van der Waals surface area contributed by atoms with E-state index >= 15 is 0 Å². The zero-order valence-electron chi connectivity index (χ0n) is 11.6. The fraction of sp³-hybridized carbons (Fsp3) is 0.188. The van der Waals surface area contributed by atoms with Crippen molar-refractivity contribution in [3.63, 3.8) is 0 Å². The van der Waals surface area contributed by atoms with E-state index in [0.29, 0.717) is 0 Å². The maximum Gasteiger partial charge on any atom is 0.0805 e. The van der Waals surface area contributed by atoms with Crippen LogP contribution in [0.3, 0.4) is 0 Å². The van der Waals surface area contributed by atoms with Crippen molar-refractivity contribution >= 4 is 28.4 Å². The van der Waals surface area contributed by atoms with Crippen LogP contribution in [0.5, 0.6) is 0 Å². The molecule has 0 aliphatic heterocycles. The fourth-order valence-corrected chi connectivity index (χ4v) is 3.24. The van der Waals surface area contributed by atoms with Crippen molar-refractivity contribution in [1.29, 1.82) is 0 Å². The second kappa shape index (κ2) is 5.21. The number of hydrogen-bond acceptors (Lipinski definition) is 3. The molecule has 0 atom stereocenters. The SMILES string of the molecule is Cc1ccc(SCc2nn(C)c3ccccc23)c(N)c1. The molecule has 0 spiro atoms. The van der Waals surface area contributed by atoms with E-state index in [1.807, 2.05) is 23.9 Å². The van der Waals surface area contributed by atoms with Crippen LogP contribution in [0.4, 0.5) is 5.69 Å². The molecule has 0 fully saturated rings. The highest BCUT2D eigenvalue weighted by Crippen LogP contribution is 2.30. The van der Waals surface area contributed by atoms with Crippen LogP contribution >= 0.6 is 11.8 Å². The van der Waals surface area contributed by atoms with Crippen LogP contribution < -0.4 is 5.73 Å². The molecule has 2 aromatic carbocycles. The van der Waals surface area contributed by atoms with E-state index in [1.165, 1.54) is 16.5 Å². The van der Waals surface area contributed by atoms with E-state index in [4.69, 9.17) is 5.73 Å². The van der Waals surface area contributed by atoms with E-state index in [9.17, 15) is 0 Å². The molecule has 1 heterocycles. The maximum absolute atomic E-state index is 6.06. The lowest BCUT2D eigenvalue weighted by atomic mass is 10.2. The molecule has 3 nitrogen and oxygen atoms in total. The van der Waals surface area contributed by atoms with Gasteiger partial charge in [-0.2, -0.15) is 5.10 Å². The summed E-state index contributed by atoms with van der Waals surface area (Å²) in [6, 6.07) is 14.5. The monoisotopic (exact) mass is 283 g/mol. The van der Waals surface area contributed by atoms with E-state index in [1.54, 1.807) is 11.8 Å². The van der Waals surface area contributed by atoms with Crippen LogP contribution in [0.25, 0.3) is 10.9 Å². The van der Waals surface area contributed by atoms with Crippen LogP contribution in [0.2, 0.25) is 0 Å². The molecule has 4 heteroatoms. The first-order valence-corrected chi connectivity index (χ1v) is 7.53. The van der Waals surface area contributed by atoms with Crippen molar-refractivity contribution in [2.24, 2.45) is 7.05 Å². The molecule has 102 valence electrons. The Labute approximate surface area is 122 Å². The minimum atomic E-state index is 0.828. The fourth-order valence-electron chi connectivity index (χ4n) is 2.34. The summed E-state index contributed by atoms with van der Waals surface area (Å²) in [7, 11) is 1.98. The third-order valence-corrected chi connectivity index (χ3v) is 4.46. The molecule has 0 saturated carbocycles. The van der Waals surface area contributed by atoms with E-state index in [-0.39, 0.29) is 0 Å². The molecule has 20 heavy (non-hydrogen) atoms. The van der Waals surface area contributed by atoms with Gasteiger partial charge < -0.3 is 5.73 Å². The highest BCUT2D eigenvalue weighted by atomic mass is 32.2. The van der Waals surface area contributed by atoms with E-state index in [2.05, 4.69) is 42.4 Å². The van der Waals surface area contributed by atoms with Crippen LogP contribution in [0, 0.1) is 6.92 Å². The third-order valence-electron chi connectivity index (χ3n) is 3.36. The number of nitrogens with zero attached hydrogens (tertiary/aromatic N) is 2. The normalized spacial score (nSPS) is 11.1. The summed E-state index contributed by atoms with van der Waals surface area (Å²) in [6.45, 7) is 2.05. The molecule has 1 aromatic heterocycles. The van der Waals surface area contributed by atoms with Gasteiger partial charge in [-0.1, -0.05) is 24.3 Å². The highest BCUT2D eigenvalue weighted by molar-refractivity contribution is 7.98. The van der Waals surface area contributed by atoms with Crippen molar-refractivity contribution in [3.05, 3.63) is 53.7 Å². The minimum absolute atomic E-state index is 0.828. The summed E-state index contributed by atoms with van der Waals surface area (Å²) in [5.74, 6) is 0.828. The summed E-state index contributed by atoms with van der Waals surface area (Å²) in [5, 5.41) is 5.82. The van der Waals surface area contributed by atoms with Crippen molar-refractivity contribution in [1.82, 2.24) is 9.78 Å². The Kier molecular flexibility index (Phi) is 3.40. The molecule has 0 unspecified atom stereocenters. The summed E-state index contributed by atoms with van der Waals surface area (Å²) < 4.78 is 1.93. The van der Waals surface area contributed by atoms with Crippen LogP contribution in [0.1, 0.15) is 11.3 Å². The lowest BCUT2D eigenvalue weighted by Gasteiger charge is -2.05. The van der Waals surface area contributed by atoms with Crippen LogP contribution in [-0.2, 0) is 12.8 Å². The third kappa shape index (κ3) is 2.39. The second-order valence-electron chi connectivity index (χ2n) is 4.92. The molecule has 0 amide bonds. The van der Waals surface area contributed by atoms with Gasteiger partial charge in [0.15, 0.2) is 0 Å². The van der Waals surface area contributed by atoms with E-state index < -0.39 is 0 Å². The highest BCUT2D eigenvalue weighted by Gasteiger charge is 2.09. The number of nitrogen functional groups attached to an aromatic ring is 1. The van der Waals surface area contributed by atoms with Gasteiger partial charge in [-0.05, 0) is 30.7 Å². The molecule has 3 rings (SSSR count). The first-order valence-electron chi connectivity index (χ1n) is 6.54. The number of thioether (sulfide) groups is 1. The topological polar surface area (TPSA) is 43.8 Å². The largest absolute Gasteiger partial charge is 0.398 e. The van der Waals surface area contributed by atoms with Gasteiger partial charge in [-0.25, -0.2) is 0 Å². The summed E-state index contributed by atoms with van der Waals surface area (Å²) >= 11 is 1.74. The Bertz CT molecular complexity index is 762. The smallest absolute Gasteiger partial charge is 0.0805 e. The van der Waals surface area contributed by atoms with Crippen LogP contribution in [0.15, 0.2) is 47.4 Å². The second-order valence-corrected chi connectivity index (χ2v) is 5.93. The summed E-state index contributed by atoms with van der Waals surface area (Å²) in [5.41, 5.74) is 10.4. The molecule has 0 radical (unpaired) electrons. The van der Waals surface area contributed by atoms with Gasteiger partial charge in [-0.3, -0.25) is 4.68 Å². The molecular formula is C16H17N3S. The number of fused-ring (bicyclic) bond motifs is 1. The Morgan fingerprint density at radius 1 is 1.20 bits per heavy atom. The van der Waals surface area contributed by atoms with Crippen LogP contribution in [-0.4, -0.2) is 9.78 Å². The summed E-state index contributed by atoms with van der Waals surface area (Å²) in [4.78, 5) is 1.12. The zero-order chi connectivity index (χ0) is 14.1. The van der Waals surface area contributed by atoms with Gasteiger partial charge in [0.1, 0.15) is 0 Å². The molecule has 0 saturated heterocycles. The van der Waals surface area contributed by atoms with Gasteiger partial charge in [0.05, 0.1) is 11.2 Å². The molecule has 0 bridgehead atoms. The maximum atomic E-state index is 6.06. The van der Waals surface area contributed by atoms with E-state index in [0.717, 1.165) is 22.0 Å². The molecular weight excluding hydrogens is 266 g/mol. The van der Waals surface area contributed by atoms with Gasteiger partial charge in [0.25, 0.3) is 0 Å². The predicted molar refractivity (Wildman–Crippen MR) is 85.9 cm³/mol. The van der Waals surface area contributed by atoms with Gasteiger partial charge in [0.2, 0.25) is 0 Å². The van der Waals surface area contributed by atoms with Gasteiger partial charge in [0, 0.05) is 28.8 Å². The average Bonchev–Trinajstić information content (AvgIpc) is 2.75. The van der Waals surface area contributed by atoms with Crippen molar-refractivity contribution in [2.75, 3.05) is 5.73 Å². The molecule has 3 aromatic rings. The van der Waals surface area contributed by atoms with Gasteiger partial charge >= 0.3 is 0 Å². The predicted octanol–water partition coefficient (Wildman–Crippen LogP) is 3.76. The Morgan fingerprint density at radius 3 is 2.80 bits per heavy atom. The zero-order valence-corrected chi connectivity index (χ0v) is 12.4. The number of rotatable bonds is 3. The Morgan fingerprint density at radius 2 is 2.00 bits per heavy atom. The van der Waals surface area contributed by atoms with Crippen molar-refractivity contribution in [2.45, 2.75) is 17.6 Å². The number of anilines is 1. The molecule has 0 aliphatic rings. The average molecular weight is 283 g/mol.